The summed E-state index contributed by atoms with van der Waals surface area (Å²) in [6, 6.07) is 3.36. The van der Waals surface area contributed by atoms with Crippen molar-refractivity contribution in [1.82, 2.24) is 10.2 Å². The molecule has 0 saturated carbocycles. The van der Waals surface area contributed by atoms with Gasteiger partial charge in [-0.3, -0.25) is 0 Å². The highest BCUT2D eigenvalue weighted by Crippen LogP contribution is 2.26. The predicted molar refractivity (Wildman–Crippen MR) is 64.3 cm³/mol. The first kappa shape index (κ1) is 12.1. The molecule has 0 atom stereocenters. The first-order chi connectivity index (χ1) is 8.19. The lowest BCUT2D eigenvalue weighted by atomic mass is 10.4. The topological polar surface area (TPSA) is 65.2 Å². The minimum atomic E-state index is -0.465. The zero-order chi connectivity index (χ0) is 12.3. The van der Waals surface area contributed by atoms with Gasteiger partial charge in [-0.2, -0.15) is 0 Å². The maximum absolute atomic E-state index is 11.2. The van der Waals surface area contributed by atoms with Gasteiger partial charge in [0.2, 0.25) is 5.76 Å². The van der Waals surface area contributed by atoms with E-state index >= 15 is 0 Å². The number of aromatic nitrogens is 2. The molecular weight excluding hydrogens is 260 g/mol. The molecule has 7 heteroatoms. The quantitative estimate of drug-likeness (QED) is 0.628. The SMILES string of the molecule is COC(=O)c1ccc(CSc2nnc(C)s2)o1. The molecule has 2 aromatic rings. The van der Waals surface area contributed by atoms with Crippen molar-refractivity contribution in [2.75, 3.05) is 7.11 Å². The highest BCUT2D eigenvalue weighted by Gasteiger charge is 2.11. The fourth-order valence-corrected chi connectivity index (χ4v) is 2.85. The summed E-state index contributed by atoms with van der Waals surface area (Å²) in [4.78, 5) is 11.2. The molecule has 17 heavy (non-hydrogen) atoms. The number of thioether (sulfide) groups is 1. The van der Waals surface area contributed by atoms with E-state index in [0.29, 0.717) is 11.5 Å². The molecule has 0 aliphatic carbocycles. The number of hydrogen-bond acceptors (Lipinski definition) is 7. The molecule has 2 rings (SSSR count). The second kappa shape index (κ2) is 5.33. The van der Waals surface area contributed by atoms with E-state index in [2.05, 4.69) is 14.9 Å². The molecule has 0 radical (unpaired) electrons. The molecule has 2 heterocycles. The number of carbonyl (C=O) groups is 1. The molecule has 0 fully saturated rings. The van der Waals surface area contributed by atoms with Gasteiger partial charge in [0.25, 0.3) is 0 Å². The molecule has 0 aliphatic heterocycles. The van der Waals surface area contributed by atoms with Gasteiger partial charge in [0.1, 0.15) is 10.8 Å². The number of furan rings is 1. The largest absolute Gasteiger partial charge is 0.463 e. The van der Waals surface area contributed by atoms with Crippen LogP contribution in [0.3, 0.4) is 0 Å². The van der Waals surface area contributed by atoms with Crippen LogP contribution in [0.2, 0.25) is 0 Å². The van der Waals surface area contributed by atoms with Gasteiger partial charge in [-0.05, 0) is 19.1 Å². The number of rotatable bonds is 4. The van der Waals surface area contributed by atoms with Gasteiger partial charge in [0.15, 0.2) is 4.34 Å². The van der Waals surface area contributed by atoms with E-state index in [4.69, 9.17) is 4.42 Å². The van der Waals surface area contributed by atoms with Crippen LogP contribution in [0, 0.1) is 6.92 Å². The van der Waals surface area contributed by atoms with Crippen LogP contribution in [0.15, 0.2) is 20.9 Å². The van der Waals surface area contributed by atoms with Crippen molar-refractivity contribution in [2.24, 2.45) is 0 Å². The lowest BCUT2D eigenvalue weighted by Gasteiger charge is -1.94. The van der Waals surface area contributed by atoms with Crippen molar-refractivity contribution in [3.05, 3.63) is 28.7 Å². The van der Waals surface area contributed by atoms with Crippen molar-refractivity contribution in [3.63, 3.8) is 0 Å². The van der Waals surface area contributed by atoms with Crippen LogP contribution in [-0.2, 0) is 10.5 Å². The number of methoxy groups -OCH3 is 1. The van der Waals surface area contributed by atoms with Crippen molar-refractivity contribution >= 4 is 29.1 Å². The molecule has 0 bridgehead atoms. The highest BCUT2D eigenvalue weighted by atomic mass is 32.2. The molecule has 90 valence electrons. The molecule has 0 amide bonds. The predicted octanol–water partition coefficient (Wildman–Crippen LogP) is 2.52. The van der Waals surface area contributed by atoms with E-state index in [1.165, 1.54) is 30.2 Å². The Morgan fingerprint density at radius 3 is 3.00 bits per heavy atom. The Hall–Kier alpha value is -1.34. The Morgan fingerprint density at radius 2 is 2.35 bits per heavy atom. The number of nitrogens with zero attached hydrogens (tertiary/aromatic N) is 2. The standard InChI is InChI=1S/C10H10N2O3S2/c1-6-11-12-10(17-6)16-5-7-3-4-8(15-7)9(13)14-2/h3-4H,5H2,1-2H3. The summed E-state index contributed by atoms with van der Waals surface area (Å²) in [5.41, 5.74) is 0. The van der Waals surface area contributed by atoms with Gasteiger partial charge in [0.05, 0.1) is 12.9 Å². The van der Waals surface area contributed by atoms with E-state index in [1.807, 2.05) is 6.92 Å². The van der Waals surface area contributed by atoms with Crippen molar-refractivity contribution in [2.45, 2.75) is 17.0 Å². The molecule has 0 N–H and O–H groups in total. The van der Waals surface area contributed by atoms with Crippen LogP contribution in [0.1, 0.15) is 21.3 Å². The summed E-state index contributed by atoms with van der Waals surface area (Å²) < 4.78 is 10.8. The van der Waals surface area contributed by atoms with Crippen molar-refractivity contribution < 1.29 is 13.9 Å². The molecular formula is C10H10N2O3S2. The van der Waals surface area contributed by atoms with Crippen LogP contribution >= 0.6 is 23.1 Å². The van der Waals surface area contributed by atoms with Crippen LogP contribution in [-0.4, -0.2) is 23.3 Å². The molecule has 0 aromatic carbocycles. The maximum Gasteiger partial charge on any atom is 0.373 e. The van der Waals surface area contributed by atoms with Gasteiger partial charge < -0.3 is 9.15 Å². The summed E-state index contributed by atoms with van der Waals surface area (Å²) in [6.07, 6.45) is 0. The Bertz CT molecular complexity index is 521. The van der Waals surface area contributed by atoms with E-state index in [9.17, 15) is 4.79 Å². The zero-order valence-electron chi connectivity index (χ0n) is 9.30. The lowest BCUT2D eigenvalue weighted by Crippen LogP contribution is -1.98. The van der Waals surface area contributed by atoms with Gasteiger partial charge in [0, 0.05) is 0 Å². The number of aryl methyl sites for hydroxylation is 1. The van der Waals surface area contributed by atoms with Gasteiger partial charge >= 0.3 is 5.97 Å². The summed E-state index contributed by atoms with van der Waals surface area (Å²) in [5, 5.41) is 8.84. The fraction of sp³-hybridized carbons (Fsp3) is 0.300. The summed E-state index contributed by atoms with van der Waals surface area (Å²) in [6.45, 7) is 1.91. The third kappa shape index (κ3) is 3.07. The first-order valence-corrected chi connectivity index (χ1v) is 6.59. The zero-order valence-corrected chi connectivity index (χ0v) is 10.9. The van der Waals surface area contributed by atoms with E-state index < -0.39 is 5.97 Å². The highest BCUT2D eigenvalue weighted by molar-refractivity contribution is 8.00. The van der Waals surface area contributed by atoms with Crippen molar-refractivity contribution in [3.8, 4) is 0 Å². The van der Waals surface area contributed by atoms with E-state index in [0.717, 1.165) is 9.35 Å². The third-order valence-electron chi connectivity index (χ3n) is 1.89. The van der Waals surface area contributed by atoms with Crippen LogP contribution < -0.4 is 0 Å². The molecule has 2 aromatic heterocycles. The Balaban J connectivity index is 1.95. The second-order valence-corrected chi connectivity index (χ2v) is 5.54. The monoisotopic (exact) mass is 270 g/mol. The summed E-state index contributed by atoms with van der Waals surface area (Å²) in [7, 11) is 1.32. The Labute approximate surface area is 106 Å². The number of ether oxygens (including phenoxy) is 1. The minimum absolute atomic E-state index is 0.219. The number of carbonyl (C=O) groups excluding carboxylic acids is 1. The summed E-state index contributed by atoms with van der Waals surface area (Å²) in [5.74, 6) is 1.08. The fourth-order valence-electron chi connectivity index (χ4n) is 1.14. The van der Waals surface area contributed by atoms with Crippen LogP contribution in [0.25, 0.3) is 0 Å². The number of hydrogen-bond donors (Lipinski definition) is 0. The van der Waals surface area contributed by atoms with E-state index in [1.54, 1.807) is 12.1 Å². The minimum Gasteiger partial charge on any atom is -0.463 e. The third-order valence-corrected chi connectivity index (χ3v) is 3.89. The number of esters is 1. The first-order valence-electron chi connectivity index (χ1n) is 4.79. The Morgan fingerprint density at radius 1 is 1.53 bits per heavy atom. The van der Waals surface area contributed by atoms with Gasteiger partial charge in [-0.1, -0.05) is 23.1 Å². The molecule has 0 aliphatic rings. The van der Waals surface area contributed by atoms with Gasteiger partial charge in [-0.25, -0.2) is 4.79 Å². The average Bonchev–Trinajstić information content (AvgIpc) is 2.94. The van der Waals surface area contributed by atoms with Crippen LogP contribution in [0.4, 0.5) is 0 Å². The Kier molecular flexibility index (Phi) is 3.80. The molecule has 0 saturated heterocycles. The maximum atomic E-state index is 11.2. The van der Waals surface area contributed by atoms with Gasteiger partial charge in [-0.15, -0.1) is 10.2 Å². The normalized spacial score (nSPS) is 10.5. The molecule has 0 unspecified atom stereocenters. The molecule has 5 nitrogen and oxygen atoms in total. The van der Waals surface area contributed by atoms with Crippen molar-refractivity contribution in [1.29, 1.82) is 0 Å². The average molecular weight is 270 g/mol. The summed E-state index contributed by atoms with van der Waals surface area (Å²) >= 11 is 3.06. The second-order valence-electron chi connectivity index (χ2n) is 3.13. The van der Waals surface area contributed by atoms with E-state index in [-0.39, 0.29) is 5.76 Å². The molecule has 0 spiro atoms. The lowest BCUT2D eigenvalue weighted by molar-refractivity contribution is 0.0563. The smallest absolute Gasteiger partial charge is 0.373 e. The van der Waals surface area contributed by atoms with Crippen LogP contribution in [0.5, 0.6) is 0 Å².